The lowest BCUT2D eigenvalue weighted by molar-refractivity contribution is -0.174. The quantitative estimate of drug-likeness (QED) is 0.826. The zero-order valence-corrected chi connectivity index (χ0v) is 15.0. The molecule has 2 fully saturated rings. The molecule has 1 aromatic rings. The van der Waals surface area contributed by atoms with Gasteiger partial charge in [-0.3, -0.25) is 9.59 Å². The number of carbonyl (C=O) groups excluding carboxylic acids is 2. The molecule has 2 saturated heterocycles. The standard InChI is InChI=1S/C19H24F2N2O3/c1-13(2)23-15(24)12-26-17(16(23)14-6-4-3-5-7-14)18(25)22-10-8-19(20,21)9-11-22/h3-7,13,16-17H,8-12H2,1-2H3/t16-,17+/m1/s1. The SMILES string of the molecule is CC(C)N1C(=O)CO[C@H](C(=O)N2CCC(F)(F)CC2)[C@H]1c1ccccc1. The molecule has 2 amide bonds. The fourth-order valence-electron chi connectivity index (χ4n) is 3.66. The summed E-state index contributed by atoms with van der Waals surface area (Å²) >= 11 is 0. The Morgan fingerprint density at radius 2 is 1.81 bits per heavy atom. The summed E-state index contributed by atoms with van der Waals surface area (Å²) in [5.41, 5.74) is 0.801. The van der Waals surface area contributed by atoms with Crippen molar-refractivity contribution in [2.75, 3.05) is 19.7 Å². The second kappa shape index (κ2) is 7.31. The molecule has 3 rings (SSSR count). The van der Waals surface area contributed by atoms with Crippen molar-refractivity contribution in [1.82, 2.24) is 9.80 Å². The molecular weight excluding hydrogens is 342 g/mol. The topological polar surface area (TPSA) is 49.9 Å². The predicted molar refractivity (Wildman–Crippen MR) is 91.7 cm³/mol. The molecule has 2 aliphatic rings. The number of morpholine rings is 1. The Morgan fingerprint density at radius 1 is 1.19 bits per heavy atom. The van der Waals surface area contributed by atoms with Gasteiger partial charge in [-0.2, -0.15) is 0 Å². The van der Waals surface area contributed by atoms with E-state index in [2.05, 4.69) is 0 Å². The van der Waals surface area contributed by atoms with Gasteiger partial charge in [0.05, 0.1) is 6.04 Å². The summed E-state index contributed by atoms with van der Waals surface area (Å²) < 4.78 is 32.5. The van der Waals surface area contributed by atoms with Gasteiger partial charge in [-0.1, -0.05) is 30.3 Å². The number of hydrogen-bond acceptors (Lipinski definition) is 3. The van der Waals surface area contributed by atoms with Crippen molar-refractivity contribution < 1.29 is 23.1 Å². The van der Waals surface area contributed by atoms with Crippen molar-refractivity contribution in [3.63, 3.8) is 0 Å². The fraction of sp³-hybridized carbons (Fsp3) is 0.579. The van der Waals surface area contributed by atoms with Gasteiger partial charge in [0, 0.05) is 32.0 Å². The van der Waals surface area contributed by atoms with E-state index < -0.39 is 18.1 Å². The molecule has 2 heterocycles. The highest BCUT2D eigenvalue weighted by Crippen LogP contribution is 2.34. The average molecular weight is 366 g/mol. The predicted octanol–water partition coefficient (Wildman–Crippen LogP) is 2.62. The van der Waals surface area contributed by atoms with Gasteiger partial charge in [0.1, 0.15) is 6.61 Å². The number of carbonyl (C=O) groups is 2. The van der Waals surface area contributed by atoms with Crippen LogP contribution in [0.1, 0.15) is 38.3 Å². The minimum atomic E-state index is -2.72. The molecule has 0 unspecified atom stereocenters. The molecular formula is C19H24F2N2O3. The van der Waals surface area contributed by atoms with Crippen LogP contribution in [0.2, 0.25) is 0 Å². The molecule has 2 atom stereocenters. The van der Waals surface area contributed by atoms with Crippen LogP contribution in [0.5, 0.6) is 0 Å². The van der Waals surface area contributed by atoms with Gasteiger partial charge >= 0.3 is 0 Å². The van der Waals surface area contributed by atoms with Crippen LogP contribution >= 0.6 is 0 Å². The molecule has 0 saturated carbocycles. The molecule has 0 bridgehead atoms. The number of amides is 2. The van der Waals surface area contributed by atoms with Crippen LogP contribution in [0.3, 0.4) is 0 Å². The second-order valence-corrected chi connectivity index (χ2v) is 7.16. The van der Waals surface area contributed by atoms with Crippen LogP contribution in [0.15, 0.2) is 30.3 Å². The van der Waals surface area contributed by atoms with Crippen LogP contribution in [-0.2, 0) is 14.3 Å². The van der Waals surface area contributed by atoms with Crippen LogP contribution in [0.25, 0.3) is 0 Å². The van der Waals surface area contributed by atoms with Gasteiger partial charge in [-0.25, -0.2) is 8.78 Å². The molecule has 0 spiro atoms. The zero-order valence-electron chi connectivity index (χ0n) is 15.0. The zero-order chi connectivity index (χ0) is 18.9. The number of benzene rings is 1. The summed E-state index contributed by atoms with van der Waals surface area (Å²) in [5, 5.41) is 0. The molecule has 2 aliphatic heterocycles. The van der Waals surface area contributed by atoms with Crippen molar-refractivity contribution in [3.8, 4) is 0 Å². The van der Waals surface area contributed by atoms with E-state index in [1.165, 1.54) is 4.90 Å². The number of likely N-dealkylation sites (tertiary alicyclic amines) is 1. The fourth-order valence-corrected chi connectivity index (χ4v) is 3.66. The summed E-state index contributed by atoms with van der Waals surface area (Å²) in [6, 6.07) is 8.58. The van der Waals surface area contributed by atoms with Crippen molar-refractivity contribution in [2.45, 2.75) is 50.8 Å². The monoisotopic (exact) mass is 366 g/mol. The minimum Gasteiger partial charge on any atom is -0.356 e. The highest BCUT2D eigenvalue weighted by molar-refractivity contribution is 5.86. The lowest BCUT2D eigenvalue weighted by atomic mass is 9.94. The third-order valence-corrected chi connectivity index (χ3v) is 5.01. The van der Waals surface area contributed by atoms with Crippen LogP contribution in [0, 0.1) is 0 Å². The van der Waals surface area contributed by atoms with E-state index in [4.69, 9.17) is 4.74 Å². The smallest absolute Gasteiger partial charge is 0.254 e. The number of ether oxygens (including phenoxy) is 1. The highest BCUT2D eigenvalue weighted by Gasteiger charge is 2.45. The van der Waals surface area contributed by atoms with E-state index in [-0.39, 0.29) is 50.4 Å². The maximum atomic E-state index is 13.4. The molecule has 0 N–H and O–H groups in total. The van der Waals surface area contributed by atoms with Crippen LogP contribution < -0.4 is 0 Å². The number of halogens is 2. The first kappa shape index (κ1) is 18.8. The van der Waals surface area contributed by atoms with Crippen molar-refractivity contribution in [2.24, 2.45) is 0 Å². The van der Waals surface area contributed by atoms with E-state index in [0.29, 0.717) is 0 Å². The number of hydrogen-bond donors (Lipinski definition) is 0. The Balaban J connectivity index is 1.88. The first-order valence-electron chi connectivity index (χ1n) is 8.94. The molecule has 0 radical (unpaired) electrons. The largest absolute Gasteiger partial charge is 0.356 e. The third-order valence-electron chi connectivity index (χ3n) is 5.01. The summed E-state index contributed by atoms with van der Waals surface area (Å²) in [4.78, 5) is 28.6. The lowest BCUT2D eigenvalue weighted by Gasteiger charge is -2.44. The van der Waals surface area contributed by atoms with Crippen LogP contribution in [0.4, 0.5) is 8.78 Å². The lowest BCUT2D eigenvalue weighted by Crippen LogP contribution is -2.58. The molecule has 0 aliphatic carbocycles. The Labute approximate surface area is 151 Å². The Bertz CT molecular complexity index is 656. The molecule has 0 aromatic heterocycles. The van der Waals surface area contributed by atoms with Gasteiger partial charge in [-0.15, -0.1) is 0 Å². The normalized spacial score (nSPS) is 26.3. The molecule has 26 heavy (non-hydrogen) atoms. The Kier molecular flexibility index (Phi) is 5.27. The number of piperidine rings is 1. The number of alkyl halides is 2. The van der Waals surface area contributed by atoms with E-state index in [0.717, 1.165) is 5.56 Å². The average Bonchev–Trinajstić information content (AvgIpc) is 2.61. The summed E-state index contributed by atoms with van der Waals surface area (Å²) in [6.45, 7) is 3.61. The summed E-state index contributed by atoms with van der Waals surface area (Å²) in [5.74, 6) is -3.22. The van der Waals surface area contributed by atoms with E-state index in [1.807, 2.05) is 44.2 Å². The van der Waals surface area contributed by atoms with Crippen LogP contribution in [-0.4, -0.2) is 59.4 Å². The third kappa shape index (κ3) is 3.72. The first-order chi connectivity index (χ1) is 12.3. The highest BCUT2D eigenvalue weighted by atomic mass is 19.3. The van der Waals surface area contributed by atoms with Crippen molar-refractivity contribution >= 4 is 11.8 Å². The first-order valence-corrected chi connectivity index (χ1v) is 8.94. The Hall–Kier alpha value is -2.02. The number of rotatable bonds is 3. The minimum absolute atomic E-state index is 0.00281. The maximum absolute atomic E-state index is 13.4. The van der Waals surface area contributed by atoms with Gasteiger partial charge in [0.2, 0.25) is 5.91 Å². The summed E-state index contributed by atoms with van der Waals surface area (Å²) in [6.07, 6.45) is -1.56. The molecule has 5 nitrogen and oxygen atoms in total. The van der Waals surface area contributed by atoms with Crippen molar-refractivity contribution in [3.05, 3.63) is 35.9 Å². The van der Waals surface area contributed by atoms with E-state index in [1.54, 1.807) is 4.90 Å². The Morgan fingerprint density at radius 3 is 2.38 bits per heavy atom. The molecule has 7 heteroatoms. The van der Waals surface area contributed by atoms with Crippen molar-refractivity contribution in [1.29, 1.82) is 0 Å². The molecule has 142 valence electrons. The van der Waals surface area contributed by atoms with E-state index >= 15 is 0 Å². The number of nitrogens with zero attached hydrogens (tertiary/aromatic N) is 2. The van der Waals surface area contributed by atoms with E-state index in [9.17, 15) is 18.4 Å². The van der Waals surface area contributed by atoms with Gasteiger partial charge in [0.15, 0.2) is 6.10 Å². The second-order valence-electron chi connectivity index (χ2n) is 7.16. The summed E-state index contributed by atoms with van der Waals surface area (Å²) in [7, 11) is 0. The molecule has 1 aromatic carbocycles. The van der Waals surface area contributed by atoms with Gasteiger partial charge in [-0.05, 0) is 19.4 Å². The van der Waals surface area contributed by atoms with Gasteiger partial charge < -0.3 is 14.5 Å². The maximum Gasteiger partial charge on any atom is 0.254 e. The van der Waals surface area contributed by atoms with Gasteiger partial charge in [0.25, 0.3) is 11.8 Å².